The molecule has 4 aromatic heterocycles. The molecule has 0 aliphatic heterocycles. The number of hydrogen-bond acceptors (Lipinski definition) is 6. The normalized spacial score (nSPS) is 15.8. The molecule has 0 radical (unpaired) electrons. The first-order valence-corrected chi connectivity index (χ1v) is 20.3. The standard InChI is InChI=1S/C57H33N3O2S/c1-3-9-34(10-4-1)36-15-17-37(18-16-36)55-58-56(41-22-27-50-47(31-41)43-24-19-40(32-51(43)61-50)35-11-5-2-6-12-35)60-57(59-55)42-20-25-44-46-29-38(21-26-49(46)62-52(44)33-42)39-23-28-54-48(30-39)45-13-7-8-14-53(45)63-54/h1-33H/i2D,5D,6D,7D,8D,11D,12D,13D,14D,20D,21D,23D,25D,26D,28D,29D,30D,33D. The fourth-order valence-corrected chi connectivity index (χ4v) is 8.63. The summed E-state index contributed by atoms with van der Waals surface area (Å²) in [4.78, 5) is 14.5. The van der Waals surface area contributed by atoms with Crippen LogP contribution in [-0.2, 0) is 0 Å². The zero-order valence-corrected chi connectivity index (χ0v) is 33.0. The van der Waals surface area contributed by atoms with Crippen molar-refractivity contribution >= 4 is 75.4 Å². The Morgan fingerprint density at radius 2 is 0.984 bits per heavy atom. The Morgan fingerprint density at radius 1 is 0.333 bits per heavy atom. The molecule has 9 aromatic carbocycles. The van der Waals surface area contributed by atoms with Gasteiger partial charge in [-0.05, 0) is 106 Å². The SMILES string of the molecule is [2H]c1c([2H])c([2H])c(-c2ccc3c(c2)oc2ccc(-c4nc(-c5ccc(-c6ccccc6)cc5)nc(-c5c([2H])c([2H])c6c(oc7c([2H])c([2H])c(-c8c([2H])c([2H])c9sc%10c([2H])c([2H])c([2H])c([2H])c%10c9c8[2H])c([2H])c76)c5[2H])n4)cc23)c([2H])c1[2H]. The van der Waals surface area contributed by atoms with E-state index in [-0.39, 0.29) is 77.2 Å². The molecule has 0 unspecified atom stereocenters. The van der Waals surface area contributed by atoms with Gasteiger partial charge in [-0.1, -0.05) is 127 Å². The maximum Gasteiger partial charge on any atom is 0.164 e. The van der Waals surface area contributed by atoms with Crippen molar-refractivity contribution in [2.75, 3.05) is 0 Å². The van der Waals surface area contributed by atoms with Crippen LogP contribution in [0.25, 0.3) is 132 Å². The van der Waals surface area contributed by atoms with E-state index in [1.54, 1.807) is 48.5 Å². The van der Waals surface area contributed by atoms with E-state index in [1.807, 2.05) is 42.5 Å². The fraction of sp³-hybridized carbons (Fsp3) is 0. The van der Waals surface area contributed by atoms with Gasteiger partial charge >= 0.3 is 0 Å². The lowest BCUT2D eigenvalue weighted by Gasteiger charge is -2.09. The molecular formula is C57H33N3O2S. The van der Waals surface area contributed by atoms with Crippen molar-refractivity contribution in [3.05, 3.63) is 200 Å². The molecule has 0 N–H and O–H groups in total. The van der Waals surface area contributed by atoms with Crippen molar-refractivity contribution in [1.29, 1.82) is 0 Å². The first-order valence-electron chi connectivity index (χ1n) is 28.5. The number of rotatable bonds is 6. The van der Waals surface area contributed by atoms with E-state index in [0.29, 0.717) is 38.6 Å². The minimum atomic E-state index is -0.694. The molecule has 0 aliphatic rings. The molecule has 0 bridgehead atoms. The summed E-state index contributed by atoms with van der Waals surface area (Å²) < 4.78 is 172. The number of thiophene rings is 1. The van der Waals surface area contributed by atoms with Crippen LogP contribution in [0.4, 0.5) is 0 Å². The van der Waals surface area contributed by atoms with Crippen molar-refractivity contribution in [3.8, 4) is 67.5 Å². The zero-order chi connectivity index (χ0) is 57.1. The molecule has 13 aromatic rings. The molecule has 5 nitrogen and oxygen atoms in total. The first kappa shape index (κ1) is 22.1. The monoisotopic (exact) mass is 841 g/mol. The van der Waals surface area contributed by atoms with Crippen LogP contribution < -0.4 is 0 Å². The fourth-order valence-electron chi connectivity index (χ4n) is 7.71. The van der Waals surface area contributed by atoms with Crippen molar-refractivity contribution in [1.82, 2.24) is 15.0 Å². The smallest absolute Gasteiger partial charge is 0.164 e. The number of benzene rings is 9. The minimum absolute atomic E-state index is 0.00982. The lowest BCUT2D eigenvalue weighted by molar-refractivity contribution is 0.668. The van der Waals surface area contributed by atoms with Crippen LogP contribution in [-0.4, -0.2) is 15.0 Å². The number of aromatic nitrogens is 3. The van der Waals surface area contributed by atoms with E-state index in [2.05, 4.69) is 0 Å². The second-order valence-electron chi connectivity index (χ2n) is 14.5. The quantitative estimate of drug-likeness (QED) is 0.167. The Morgan fingerprint density at radius 3 is 1.84 bits per heavy atom. The Labute approximate surface area is 390 Å². The molecule has 6 heteroatoms. The van der Waals surface area contributed by atoms with Crippen molar-refractivity contribution in [3.63, 3.8) is 0 Å². The maximum atomic E-state index is 9.69. The highest BCUT2D eigenvalue weighted by Crippen LogP contribution is 2.40. The molecule has 13 rings (SSSR count). The van der Waals surface area contributed by atoms with Gasteiger partial charge in [0.1, 0.15) is 22.3 Å². The van der Waals surface area contributed by atoms with Gasteiger partial charge in [0.15, 0.2) is 17.5 Å². The van der Waals surface area contributed by atoms with Gasteiger partial charge in [0.2, 0.25) is 0 Å². The molecule has 0 fully saturated rings. The van der Waals surface area contributed by atoms with Crippen molar-refractivity contribution < 1.29 is 33.5 Å². The third-order valence-corrected chi connectivity index (χ3v) is 11.8. The van der Waals surface area contributed by atoms with Gasteiger partial charge < -0.3 is 8.83 Å². The Hall–Kier alpha value is -8.19. The molecule has 63 heavy (non-hydrogen) atoms. The molecule has 0 aliphatic carbocycles. The molecule has 0 saturated heterocycles. The van der Waals surface area contributed by atoms with Crippen LogP contribution in [0, 0.1) is 0 Å². The number of nitrogens with zero attached hydrogens (tertiary/aromatic N) is 3. The molecular weight excluding hydrogens is 791 g/mol. The summed E-state index contributed by atoms with van der Waals surface area (Å²) >= 11 is 0.816. The van der Waals surface area contributed by atoms with Crippen LogP contribution in [0.5, 0.6) is 0 Å². The summed E-state index contributed by atoms with van der Waals surface area (Å²) in [7, 11) is 0. The lowest BCUT2D eigenvalue weighted by atomic mass is 10.0. The van der Waals surface area contributed by atoms with Gasteiger partial charge in [0.05, 0.1) is 24.7 Å². The number of hydrogen-bond donors (Lipinski definition) is 0. The van der Waals surface area contributed by atoms with E-state index >= 15 is 0 Å². The minimum Gasteiger partial charge on any atom is -0.456 e. The molecule has 4 heterocycles. The average Bonchev–Trinajstić information content (AvgIpc) is 4.40. The topological polar surface area (TPSA) is 65.0 Å². The van der Waals surface area contributed by atoms with Crippen LogP contribution in [0.3, 0.4) is 0 Å². The summed E-state index contributed by atoms with van der Waals surface area (Å²) in [6, 6.07) is 17.7. The summed E-state index contributed by atoms with van der Waals surface area (Å²) in [5.74, 6) is -0.0263. The zero-order valence-electron chi connectivity index (χ0n) is 50.2. The van der Waals surface area contributed by atoms with Crippen LogP contribution in [0.15, 0.2) is 209 Å². The summed E-state index contributed by atoms with van der Waals surface area (Å²) in [6.07, 6.45) is 0. The third-order valence-electron chi connectivity index (χ3n) is 10.8. The van der Waals surface area contributed by atoms with Crippen molar-refractivity contribution in [2.45, 2.75) is 0 Å². The van der Waals surface area contributed by atoms with Gasteiger partial charge in [-0.2, -0.15) is 0 Å². The van der Waals surface area contributed by atoms with E-state index < -0.39 is 113 Å². The van der Waals surface area contributed by atoms with Gasteiger partial charge in [0.25, 0.3) is 0 Å². The average molecular weight is 842 g/mol. The molecule has 0 saturated carbocycles. The highest BCUT2D eigenvalue weighted by atomic mass is 32.1. The molecule has 0 spiro atoms. The van der Waals surface area contributed by atoms with E-state index in [0.717, 1.165) is 22.5 Å². The Kier molecular flexibility index (Phi) is 4.97. The first-order chi connectivity index (χ1) is 38.7. The molecule has 0 atom stereocenters. The van der Waals surface area contributed by atoms with Gasteiger partial charge in [0, 0.05) is 58.4 Å². The van der Waals surface area contributed by atoms with Crippen LogP contribution >= 0.6 is 11.3 Å². The summed E-state index contributed by atoms with van der Waals surface area (Å²) in [6.45, 7) is 0. The molecule has 0 amide bonds. The summed E-state index contributed by atoms with van der Waals surface area (Å²) in [5, 5.41) is 0.496. The van der Waals surface area contributed by atoms with Crippen LogP contribution in [0.1, 0.15) is 24.7 Å². The Balaban J connectivity index is 1.00. The highest BCUT2D eigenvalue weighted by molar-refractivity contribution is 7.25. The maximum absolute atomic E-state index is 9.69. The second-order valence-corrected chi connectivity index (χ2v) is 15.6. The lowest BCUT2D eigenvalue weighted by Crippen LogP contribution is -2.00. The van der Waals surface area contributed by atoms with E-state index in [9.17, 15) is 9.60 Å². The molecule has 294 valence electrons. The number of furan rings is 2. The van der Waals surface area contributed by atoms with E-state index in [1.165, 1.54) is 0 Å². The summed E-state index contributed by atoms with van der Waals surface area (Å²) in [5.41, 5.74) is 1.98. The third kappa shape index (κ3) is 6.11. The predicted molar refractivity (Wildman–Crippen MR) is 260 cm³/mol. The van der Waals surface area contributed by atoms with Crippen LogP contribution in [0.2, 0.25) is 0 Å². The van der Waals surface area contributed by atoms with Crippen molar-refractivity contribution in [2.24, 2.45) is 0 Å². The van der Waals surface area contributed by atoms with Gasteiger partial charge in [-0.25, -0.2) is 15.0 Å². The largest absolute Gasteiger partial charge is 0.456 e. The van der Waals surface area contributed by atoms with Gasteiger partial charge in [-0.3, -0.25) is 0 Å². The van der Waals surface area contributed by atoms with E-state index in [4.69, 9.17) is 38.9 Å². The predicted octanol–water partition coefficient (Wildman–Crippen LogP) is 16.0. The van der Waals surface area contributed by atoms with Gasteiger partial charge in [-0.15, -0.1) is 11.3 Å². The Bertz CT molecular complexity index is 4960. The number of fused-ring (bicyclic) bond motifs is 9. The second kappa shape index (κ2) is 14.2. The highest BCUT2D eigenvalue weighted by Gasteiger charge is 2.18.